The second kappa shape index (κ2) is 7.37. The molecule has 0 fully saturated rings. The Morgan fingerprint density at radius 2 is 2.14 bits per heavy atom. The first-order chi connectivity index (χ1) is 6.65. The van der Waals surface area contributed by atoms with Gasteiger partial charge in [0.1, 0.15) is 0 Å². The minimum absolute atomic E-state index is 0.0202. The van der Waals surface area contributed by atoms with E-state index in [1.165, 1.54) is 0 Å². The molecular weight excluding hydrogens is 176 g/mol. The third-order valence-electron chi connectivity index (χ3n) is 2.35. The zero-order chi connectivity index (χ0) is 11.0. The standard InChI is InChI=1S/C11H20N2O/c1-4-6-9(3)11(14)13-10(5-2)7-8-12/h9-10H,4-7H2,1-3H3,(H,13,14). The van der Waals surface area contributed by atoms with E-state index in [4.69, 9.17) is 5.26 Å². The largest absolute Gasteiger partial charge is 0.352 e. The van der Waals surface area contributed by atoms with Gasteiger partial charge in [0.05, 0.1) is 12.5 Å². The van der Waals surface area contributed by atoms with E-state index in [1.54, 1.807) is 0 Å². The van der Waals surface area contributed by atoms with Crippen LogP contribution in [-0.4, -0.2) is 11.9 Å². The number of carbonyl (C=O) groups excluding carboxylic acids is 1. The van der Waals surface area contributed by atoms with Gasteiger partial charge in [0.25, 0.3) is 0 Å². The summed E-state index contributed by atoms with van der Waals surface area (Å²) in [7, 11) is 0. The predicted octanol–water partition coefficient (Wildman–Crippen LogP) is 2.23. The quantitative estimate of drug-likeness (QED) is 0.708. The van der Waals surface area contributed by atoms with Crippen LogP contribution in [-0.2, 0) is 4.79 Å². The second-order valence-corrected chi connectivity index (χ2v) is 3.67. The van der Waals surface area contributed by atoms with Crippen LogP contribution in [0.15, 0.2) is 0 Å². The third kappa shape index (κ3) is 4.86. The summed E-state index contributed by atoms with van der Waals surface area (Å²) in [5, 5.41) is 11.4. The van der Waals surface area contributed by atoms with E-state index in [0.717, 1.165) is 19.3 Å². The van der Waals surface area contributed by atoms with Crippen LogP contribution in [0.2, 0.25) is 0 Å². The number of carbonyl (C=O) groups is 1. The van der Waals surface area contributed by atoms with E-state index in [9.17, 15) is 4.79 Å². The SMILES string of the molecule is CCCC(C)C(=O)NC(CC)CC#N. The third-order valence-corrected chi connectivity index (χ3v) is 2.35. The highest BCUT2D eigenvalue weighted by molar-refractivity contribution is 5.78. The second-order valence-electron chi connectivity index (χ2n) is 3.67. The summed E-state index contributed by atoms with van der Waals surface area (Å²) in [4.78, 5) is 11.6. The number of rotatable bonds is 6. The minimum Gasteiger partial charge on any atom is -0.352 e. The fourth-order valence-corrected chi connectivity index (χ4v) is 1.32. The number of hydrogen-bond donors (Lipinski definition) is 1. The molecule has 1 N–H and O–H groups in total. The molecule has 0 radical (unpaired) electrons. The average molecular weight is 196 g/mol. The number of nitrogens with one attached hydrogen (secondary N) is 1. The van der Waals surface area contributed by atoms with Gasteiger partial charge in [-0.25, -0.2) is 0 Å². The first-order valence-corrected chi connectivity index (χ1v) is 5.32. The summed E-state index contributed by atoms with van der Waals surface area (Å²) < 4.78 is 0. The highest BCUT2D eigenvalue weighted by Crippen LogP contribution is 2.06. The van der Waals surface area contributed by atoms with Gasteiger partial charge in [-0.3, -0.25) is 4.79 Å². The molecule has 0 bridgehead atoms. The minimum atomic E-state index is 0.0202. The summed E-state index contributed by atoms with van der Waals surface area (Å²) in [5.74, 6) is 0.140. The lowest BCUT2D eigenvalue weighted by Gasteiger charge is -2.17. The van der Waals surface area contributed by atoms with Gasteiger partial charge in [-0.2, -0.15) is 5.26 Å². The maximum Gasteiger partial charge on any atom is 0.223 e. The van der Waals surface area contributed by atoms with Crippen LogP contribution in [0.3, 0.4) is 0 Å². The number of amides is 1. The van der Waals surface area contributed by atoms with Gasteiger partial charge in [0, 0.05) is 12.0 Å². The molecule has 14 heavy (non-hydrogen) atoms. The van der Waals surface area contributed by atoms with E-state index in [-0.39, 0.29) is 17.9 Å². The van der Waals surface area contributed by atoms with E-state index < -0.39 is 0 Å². The van der Waals surface area contributed by atoms with E-state index in [0.29, 0.717) is 6.42 Å². The van der Waals surface area contributed by atoms with Crippen molar-refractivity contribution in [2.24, 2.45) is 5.92 Å². The van der Waals surface area contributed by atoms with Gasteiger partial charge in [0.15, 0.2) is 0 Å². The lowest BCUT2D eigenvalue weighted by molar-refractivity contribution is -0.125. The Morgan fingerprint density at radius 1 is 1.50 bits per heavy atom. The lowest BCUT2D eigenvalue weighted by atomic mass is 10.0. The van der Waals surface area contributed by atoms with Crippen LogP contribution in [0, 0.1) is 17.2 Å². The molecule has 0 heterocycles. The zero-order valence-electron chi connectivity index (χ0n) is 9.34. The normalized spacial score (nSPS) is 14.1. The first-order valence-electron chi connectivity index (χ1n) is 5.32. The summed E-state index contributed by atoms with van der Waals surface area (Å²) in [6.45, 7) is 5.97. The molecule has 0 aromatic heterocycles. The van der Waals surface area contributed by atoms with Gasteiger partial charge >= 0.3 is 0 Å². The van der Waals surface area contributed by atoms with Crippen molar-refractivity contribution in [2.75, 3.05) is 0 Å². The fraction of sp³-hybridized carbons (Fsp3) is 0.818. The monoisotopic (exact) mass is 196 g/mol. The predicted molar refractivity (Wildman–Crippen MR) is 56.5 cm³/mol. The van der Waals surface area contributed by atoms with Gasteiger partial charge in [-0.1, -0.05) is 27.2 Å². The highest BCUT2D eigenvalue weighted by atomic mass is 16.1. The summed E-state index contributed by atoms with van der Waals surface area (Å²) >= 11 is 0. The van der Waals surface area contributed by atoms with E-state index in [2.05, 4.69) is 18.3 Å². The maximum atomic E-state index is 11.6. The van der Waals surface area contributed by atoms with Gasteiger partial charge in [-0.05, 0) is 12.8 Å². The summed E-state index contributed by atoms with van der Waals surface area (Å²) in [5.41, 5.74) is 0. The summed E-state index contributed by atoms with van der Waals surface area (Å²) in [6, 6.07) is 2.10. The van der Waals surface area contributed by atoms with Crippen LogP contribution in [0.25, 0.3) is 0 Å². The van der Waals surface area contributed by atoms with Crippen molar-refractivity contribution < 1.29 is 4.79 Å². The topological polar surface area (TPSA) is 52.9 Å². The zero-order valence-corrected chi connectivity index (χ0v) is 9.34. The van der Waals surface area contributed by atoms with Gasteiger partial charge in [0.2, 0.25) is 5.91 Å². The molecule has 2 unspecified atom stereocenters. The van der Waals surface area contributed by atoms with Crippen molar-refractivity contribution in [3.63, 3.8) is 0 Å². The fourth-order valence-electron chi connectivity index (χ4n) is 1.32. The van der Waals surface area contributed by atoms with Crippen LogP contribution in [0.5, 0.6) is 0 Å². The average Bonchev–Trinajstić information content (AvgIpc) is 2.17. The Labute approximate surface area is 86.5 Å². The molecule has 0 saturated heterocycles. The van der Waals surface area contributed by atoms with Crippen molar-refractivity contribution in [3.8, 4) is 6.07 Å². The molecule has 80 valence electrons. The Hall–Kier alpha value is -1.04. The number of nitriles is 1. The highest BCUT2D eigenvalue weighted by Gasteiger charge is 2.15. The summed E-state index contributed by atoms with van der Waals surface area (Å²) in [6.07, 6.45) is 3.15. The number of nitrogens with zero attached hydrogens (tertiary/aromatic N) is 1. The molecule has 3 nitrogen and oxygen atoms in total. The van der Waals surface area contributed by atoms with Crippen LogP contribution in [0.4, 0.5) is 0 Å². The molecule has 0 aromatic carbocycles. The molecule has 0 spiro atoms. The lowest BCUT2D eigenvalue weighted by Crippen LogP contribution is -2.37. The Morgan fingerprint density at radius 3 is 2.57 bits per heavy atom. The molecule has 0 aliphatic heterocycles. The molecule has 0 rings (SSSR count). The van der Waals surface area contributed by atoms with Crippen molar-refractivity contribution in [1.82, 2.24) is 5.32 Å². The van der Waals surface area contributed by atoms with Crippen LogP contribution >= 0.6 is 0 Å². The smallest absolute Gasteiger partial charge is 0.223 e. The van der Waals surface area contributed by atoms with E-state index >= 15 is 0 Å². The Bertz CT molecular complexity index is 208. The van der Waals surface area contributed by atoms with Crippen molar-refractivity contribution >= 4 is 5.91 Å². The van der Waals surface area contributed by atoms with Crippen LogP contribution in [0.1, 0.15) is 46.5 Å². The van der Waals surface area contributed by atoms with Crippen molar-refractivity contribution in [3.05, 3.63) is 0 Å². The molecule has 0 aromatic rings. The molecule has 0 saturated carbocycles. The van der Waals surface area contributed by atoms with Crippen LogP contribution < -0.4 is 5.32 Å². The van der Waals surface area contributed by atoms with Gasteiger partial charge < -0.3 is 5.32 Å². The molecule has 2 atom stereocenters. The van der Waals surface area contributed by atoms with Gasteiger partial charge in [-0.15, -0.1) is 0 Å². The number of hydrogen-bond acceptors (Lipinski definition) is 2. The molecule has 0 aliphatic rings. The van der Waals surface area contributed by atoms with Crippen molar-refractivity contribution in [2.45, 2.75) is 52.5 Å². The van der Waals surface area contributed by atoms with E-state index in [1.807, 2.05) is 13.8 Å². The molecule has 1 amide bonds. The van der Waals surface area contributed by atoms with Crippen molar-refractivity contribution in [1.29, 1.82) is 5.26 Å². The molecule has 3 heteroatoms. The Kier molecular flexibility index (Phi) is 6.82. The maximum absolute atomic E-state index is 11.6. The Balaban J connectivity index is 3.96. The molecule has 0 aliphatic carbocycles. The molecular formula is C11H20N2O. The first kappa shape index (κ1) is 13.0.